The van der Waals surface area contributed by atoms with Crippen LogP contribution in [0.2, 0.25) is 5.02 Å². The van der Waals surface area contributed by atoms with Crippen LogP contribution in [-0.2, 0) is 28.9 Å². The van der Waals surface area contributed by atoms with Crippen molar-refractivity contribution in [3.05, 3.63) is 62.5 Å². The molecule has 1 saturated heterocycles. The van der Waals surface area contributed by atoms with Gasteiger partial charge in [0, 0.05) is 40.0 Å². The summed E-state index contributed by atoms with van der Waals surface area (Å²) in [6, 6.07) is 7.82. The molecule has 1 atom stereocenters. The lowest BCUT2D eigenvalue weighted by molar-refractivity contribution is -0.139. The maximum atomic E-state index is 13.2. The zero-order valence-electron chi connectivity index (χ0n) is 17.7. The normalized spacial score (nSPS) is 19.8. The Kier molecular flexibility index (Phi) is 4.89. The van der Waals surface area contributed by atoms with E-state index < -0.39 is 0 Å². The van der Waals surface area contributed by atoms with E-state index in [0.717, 1.165) is 46.3 Å². The van der Waals surface area contributed by atoms with Crippen molar-refractivity contribution in [1.29, 1.82) is 0 Å². The number of halogens is 1. The monoisotopic (exact) mass is 467 g/mol. The molecular weight excluding hydrogens is 446 g/mol. The van der Waals surface area contributed by atoms with Crippen molar-refractivity contribution in [3.63, 3.8) is 0 Å². The fourth-order valence-corrected chi connectivity index (χ4v) is 6.62. The summed E-state index contributed by atoms with van der Waals surface area (Å²) in [6.07, 6.45) is 1.48. The number of fused-ring (bicyclic) bond motifs is 5. The molecule has 0 spiro atoms. The first-order valence-electron chi connectivity index (χ1n) is 10.8. The number of benzene rings is 1. The second kappa shape index (κ2) is 7.79. The summed E-state index contributed by atoms with van der Waals surface area (Å²) >= 11 is 8.34. The lowest BCUT2D eigenvalue weighted by Gasteiger charge is -2.29. The summed E-state index contributed by atoms with van der Waals surface area (Å²) < 4.78 is 7.54. The molecule has 0 bridgehead atoms. The molecule has 0 saturated carbocycles. The molecule has 3 aromatic rings. The predicted octanol–water partition coefficient (Wildman–Crippen LogP) is 3.22. The molecule has 1 aliphatic carbocycles. The van der Waals surface area contributed by atoms with E-state index in [4.69, 9.17) is 21.3 Å². The minimum Gasteiger partial charge on any atom is -0.378 e. The van der Waals surface area contributed by atoms with E-state index in [1.165, 1.54) is 10.4 Å². The second-order valence-electron chi connectivity index (χ2n) is 8.37. The fourth-order valence-electron chi connectivity index (χ4n) is 4.91. The van der Waals surface area contributed by atoms with Gasteiger partial charge in [0.15, 0.2) is 5.82 Å². The number of amides is 1. The van der Waals surface area contributed by atoms with Crippen LogP contribution in [0.5, 0.6) is 0 Å². The van der Waals surface area contributed by atoms with Gasteiger partial charge in [-0.05, 0) is 31.4 Å². The zero-order valence-corrected chi connectivity index (χ0v) is 19.2. The standard InChI is InChI=1S/C23H22ClN5O2S/c1-13-26-27-19-12-25-21(15-4-2-3-5-17(15)24)20-16-10-14(11-18(16)32-23(20)29(13)19)22(30)28-6-8-31-9-7-28/h2-5,14H,6-12H2,1H3/t14-/m1/s1. The number of aryl methyl sites for hydroxylation is 1. The van der Waals surface area contributed by atoms with Gasteiger partial charge in [0.05, 0.1) is 18.9 Å². The summed E-state index contributed by atoms with van der Waals surface area (Å²) in [5.74, 6) is 1.87. The number of carbonyl (C=O) groups excluding carboxylic acids is 1. The van der Waals surface area contributed by atoms with Gasteiger partial charge in [0.1, 0.15) is 17.4 Å². The Labute approximate surface area is 194 Å². The summed E-state index contributed by atoms with van der Waals surface area (Å²) in [5.41, 5.74) is 4.09. The third-order valence-electron chi connectivity index (χ3n) is 6.47. The minimum absolute atomic E-state index is 0.0307. The summed E-state index contributed by atoms with van der Waals surface area (Å²) in [5, 5.41) is 10.4. The number of carbonyl (C=O) groups is 1. The van der Waals surface area contributed by atoms with Crippen molar-refractivity contribution in [2.45, 2.75) is 26.3 Å². The van der Waals surface area contributed by atoms with E-state index in [9.17, 15) is 4.79 Å². The van der Waals surface area contributed by atoms with Crippen LogP contribution < -0.4 is 0 Å². The molecule has 4 heterocycles. The first-order chi connectivity index (χ1) is 15.6. The number of nitrogens with zero attached hydrogens (tertiary/aromatic N) is 5. The van der Waals surface area contributed by atoms with Gasteiger partial charge in [-0.3, -0.25) is 14.4 Å². The van der Waals surface area contributed by atoms with E-state index in [1.807, 2.05) is 36.1 Å². The average Bonchev–Trinajstić information content (AvgIpc) is 3.45. The van der Waals surface area contributed by atoms with Crippen molar-refractivity contribution < 1.29 is 9.53 Å². The van der Waals surface area contributed by atoms with Crippen LogP contribution in [0.4, 0.5) is 0 Å². The number of thiophene rings is 1. The molecule has 0 unspecified atom stereocenters. The van der Waals surface area contributed by atoms with Crippen LogP contribution >= 0.6 is 22.9 Å². The van der Waals surface area contributed by atoms with Crippen molar-refractivity contribution in [2.24, 2.45) is 10.9 Å². The highest BCUT2D eigenvalue weighted by Gasteiger charge is 2.38. The first-order valence-corrected chi connectivity index (χ1v) is 12.0. The van der Waals surface area contributed by atoms with Gasteiger partial charge >= 0.3 is 0 Å². The summed E-state index contributed by atoms with van der Waals surface area (Å²) in [6.45, 7) is 5.00. The van der Waals surface area contributed by atoms with E-state index in [0.29, 0.717) is 37.9 Å². The molecule has 3 aliphatic rings. The lowest BCUT2D eigenvalue weighted by atomic mass is 9.97. The first kappa shape index (κ1) is 20.1. The van der Waals surface area contributed by atoms with Crippen LogP contribution in [0.25, 0.3) is 5.00 Å². The van der Waals surface area contributed by atoms with Gasteiger partial charge < -0.3 is 9.64 Å². The Morgan fingerprint density at radius 1 is 1.19 bits per heavy atom. The third-order valence-corrected chi connectivity index (χ3v) is 8.03. The summed E-state index contributed by atoms with van der Waals surface area (Å²) in [4.78, 5) is 21.4. The number of morpholine rings is 1. The molecule has 2 aromatic heterocycles. The fraction of sp³-hybridized carbons (Fsp3) is 0.391. The molecule has 2 aliphatic heterocycles. The molecule has 1 amide bonds. The molecule has 9 heteroatoms. The Balaban J connectivity index is 1.45. The Morgan fingerprint density at radius 3 is 2.81 bits per heavy atom. The maximum absolute atomic E-state index is 13.2. The van der Waals surface area contributed by atoms with Crippen molar-refractivity contribution in [1.82, 2.24) is 19.7 Å². The molecule has 32 heavy (non-hydrogen) atoms. The number of aromatic nitrogens is 3. The summed E-state index contributed by atoms with van der Waals surface area (Å²) in [7, 11) is 0. The average molecular weight is 468 g/mol. The molecular formula is C23H22ClN5O2S. The SMILES string of the molecule is Cc1nnc2n1-c1sc3c(c1C(c1ccccc1Cl)=NC2)C[C@@H](C(=O)N1CCOCC1)C3. The molecule has 0 radical (unpaired) electrons. The Morgan fingerprint density at radius 2 is 2.00 bits per heavy atom. The number of hydrogen-bond donors (Lipinski definition) is 0. The maximum Gasteiger partial charge on any atom is 0.226 e. The van der Waals surface area contributed by atoms with Gasteiger partial charge in [-0.2, -0.15) is 0 Å². The van der Waals surface area contributed by atoms with Gasteiger partial charge in [-0.15, -0.1) is 21.5 Å². The lowest BCUT2D eigenvalue weighted by Crippen LogP contribution is -2.44. The predicted molar refractivity (Wildman–Crippen MR) is 123 cm³/mol. The van der Waals surface area contributed by atoms with Crippen molar-refractivity contribution in [2.75, 3.05) is 26.3 Å². The van der Waals surface area contributed by atoms with Gasteiger partial charge in [-0.25, -0.2) is 0 Å². The van der Waals surface area contributed by atoms with Crippen LogP contribution in [0.1, 0.15) is 33.2 Å². The molecule has 1 fully saturated rings. The third kappa shape index (κ3) is 3.12. The highest BCUT2D eigenvalue weighted by atomic mass is 35.5. The molecule has 7 nitrogen and oxygen atoms in total. The number of ether oxygens (including phenoxy) is 1. The highest BCUT2D eigenvalue weighted by molar-refractivity contribution is 7.15. The topological polar surface area (TPSA) is 72.6 Å². The molecule has 164 valence electrons. The van der Waals surface area contributed by atoms with Crippen LogP contribution in [0.15, 0.2) is 29.3 Å². The molecule has 0 N–H and O–H groups in total. The number of aliphatic imine (C=N–C) groups is 1. The zero-order chi connectivity index (χ0) is 21.8. The minimum atomic E-state index is -0.0307. The number of rotatable bonds is 2. The van der Waals surface area contributed by atoms with Crippen LogP contribution in [0, 0.1) is 12.8 Å². The highest BCUT2D eigenvalue weighted by Crippen LogP contribution is 2.43. The second-order valence-corrected chi connectivity index (χ2v) is 9.86. The largest absolute Gasteiger partial charge is 0.378 e. The van der Waals surface area contributed by atoms with E-state index in [1.54, 1.807) is 11.3 Å². The smallest absolute Gasteiger partial charge is 0.226 e. The van der Waals surface area contributed by atoms with Crippen molar-refractivity contribution >= 4 is 34.6 Å². The van der Waals surface area contributed by atoms with Gasteiger partial charge in [-0.1, -0.05) is 29.8 Å². The van der Waals surface area contributed by atoms with Gasteiger partial charge in [0.2, 0.25) is 5.91 Å². The van der Waals surface area contributed by atoms with E-state index in [-0.39, 0.29) is 11.8 Å². The van der Waals surface area contributed by atoms with E-state index >= 15 is 0 Å². The molecule has 6 rings (SSSR count). The van der Waals surface area contributed by atoms with Crippen molar-refractivity contribution in [3.8, 4) is 5.00 Å². The van der Waals surface area contributed by atoms with E-state index in [2.05, 4.69) is 14.8 Å². The van der Waals surface area contributed by atoms with Crippen LogP contribution in [0.3, 0.4) is 0 Å². The molecule has 1 aromatic carbocycles. The number of hydrogen-bond acceptors (Lipinski definition) is 6. The van der Waals surface area contributed by atoms with Crippen LogP contribution in [-0.4, -0.2) is 57.6 Å². The van der Waals surface area contributed by atoms with Gasteiger partial charge in [0.25, 0.3) is 0 Å². The Bertz CT molecular complexity index is 1260. The Hall–Kier alpha value is -2.55. The quantitative estimate of drug-likeness (QED) is 0.580.